The van der Waals surface area contributed by atoms with E-state index in [-0.39, 0.29) is 36.6 Å². The van der Waals surface area contributed by atoms with Gasteiger partial charge in [-0.05, 0) is 104 Å². The van der Waals surface area contributed by atoms with Gasteiger partial charge >= 0.3 is 6.03 Å². The van der Waals surface area contributed by atoms with E-state index in [0.29, 0.717) is 12.3 Å². The molecule has 9 heteroatoms. The molecule has 0 bridgehead atoms. The second kappa shape index (κ2) is 17.8. The summed E-state index contributed by atoms with van der Waals surface area (Å²) in [5.41, 5.74) is 6.71. The fourth-order valence-corrected chi connectivity index (χ4v) is 6.49. The Labute approximate surface area is 279 Å². The summed E-state index contributed by atoms with van der Waals surface area (Å²) in [6, 6.07) is 22.3. The van der Waals surface area contributed by atoms with Crippen LogP contribution in [0.15, 0.2) is 66.7 Å². The van der Waals surface area contributed by atoms with Crippen LogP contribution in [0.5, 0.6) is 0 Å². The van der Waals surface area contributed by atoms with E-state index in [1.807, 2.05) is 36.4 Å². The minimum absolute atomic E-state index is 0. The standard InChI is InChI=1S/C35H43ClN4O2.2ClH/c1-37-35(42)38-32-9-4-7-27(22-32)24-39-20-16-28-12-13-30(23-29(28)17-21-39)34(41)11-5-6-26-14-18-40(19-15-26)25-31-8-2-3-10-33(31)36;;/h2-4,7-10,12-13,22-23,26H,5-6,11,14-21,24-25H2,1H3,(H2,37,38,42);2*1H. The Hall–Kier alpha value is -2.61. The zero-order valence-corrected chi connectivity index (χ0v) is 27.9. The van der Waals surface area contributed by atoms with Crippen LogP contribution in [0.4, 0.5) is 10.5 Å². The minimum atomic E-state index is -0.214. The van der Waals surface area contributed by atoms with Crippen molar-refractivity contribution < 1.29 is 9.59 Å². The lowest BCUT2D eigenvalue weighted by molar-refractivity contribution is 0.0974. The van der Waals surface area contributed by atoms with Gasteiger partial charge in [0.2, 0.25) is 0 Å². The van der Waals surface area contributed by atoms with Crippen molar-refractivity contribution in [2.75, 3.05) is 38.5 Å². The molecule has 2 heterocycles. The first kappa shape index (κ1) is 35.9. The van der Waals surface area contributed by atoms with Crippen LogP contribution in [-0.2, 0) is 25.9 Å². The molecule has 0 spiro atoms. The lowest BCUT2D eigenvalue weighted by atomic mass is 9.90. The number of nitrogens with zero attached hydrogens (tertiary/aromatic N) is 2. The number of piperidine rings is 1. The van der Waals surface area contributed by atoms with Gasteiger partial charge in [-0.25, -0.2) is 4.79 Å². The SMILES string of the molecule is CNC(=O)Nc1cccc(CN2CCc3ccc(C(=O)CCCC4CCN(Cc5ccccc5Cl)CC4)cc3CC2)c1.Cl.Cl. The highest BCUT2D eigenvalue weighted by Crippen LogP contribution is 2.26. The van der Waals surface area contributed by atoms with Crippen LogP contribution in [0, 0.1) is 5.92 Å². The van der Waals surface area contributed by atoms with Gasteiger partial charge in [-0.1, -0.05) is 54.1 Å². The number of carbonyl (C=O) groups excluding carboxylic acids is 2. The molecular weight excluding hydrogens is 615 g/mol. The van der Waals surface area contributed by atoms with Gasteiger partial charge in [0.1, 0.15) is 0 Å². The number of fused-ring (bicyclic) bond motifs is 1. The van der Waals surface area contributed by atoms with Crippen molar-refractivity contribution in [1.29, 1.82) is 0 Å². The Morgan fingerprint density at radius 3 is 2.32 bits per heavy atom. The van der Waals surface area contributed by atoms with E-state index in [2.05, 4.69) is 50.8 Å². The first-order chi connectivity index (χ1) is 20.5. The summed E-state index contributed by atoms with van der Waals surface area (Å²) in [5, 5.41) is 6.30. The largest absolute Gasteiger partial charge is 0.341 e. The van der Waals surface area contributed by atoms with Crippen LogP contribution in [0.25, 0.3) is 0 Å². The zero-order valence-electron chi connectivity index (χ0n) is 25.5. The third-order valence-electron chi connectivity index (χ3n) is 8.82. The summed E-state index contributed by atoms with van der Waals surface area (Å²) in [5.74, 6) is 0.981. The Morgan fingerprint density at radius 2 is 1.57 bits per heavy atom. The molecule has 1 saturated heterocycles. The third-order valence-corrected chi connectivity index (χ3v) is 9.18. The van der Waals surface area contributed by atoms with E-state index in [9.17, 15) is 9.59 Å². The molecule has 3 aromatic rings. The van der Waals surface area contributed by atoms with Crippen LogP contribution in [-0.4, -0.2) is 54.8 Å². The van der Waals surface area contributed by atoms with Gasteiger partial charge in [0.25, 0.3) is 0 Å². The van der Waals surface area contributed by atoms with Crippen molar-refractivity contribution in [2.24, 2.45) is 5.92 Å². The summed E-state index contributed by atoms with van der Waals surface area (Å²) in [6.45, 7) is 5.89. The lowest BCUT2D eigenvalue weighted by Crippen LogP contribution is -2.33. The topological polar surface area (TPSA) is 64.7 Å². The number of amides is 2. The molecule has 2 amide bonds. The molecule has 5 rings (SSSR count). The molecular formula is C35H45Cl3N4O2. The van der Waals surface area contributed by atoms with Crippen molar-refractivity contribution in [3.63, 3.8) is 0 Å². The van der Waals surface area contributed by atoms with Crippen molar-refractivity contribution >= 4 is 53.9 Å². The average Bonchev–Trinajstić information content (AvgIpc) is 3.21. The fraction of sp³-hybridized carbons (Fsp3) is 0.429. The van der Waals surface area contributed by atoms with Gasteiger partial charge in [0, 0.05) is 55.9 Å². The maximum absolute atomic E-state index is 13.1. The summed E-state index contributed by atoms with van der Waals surface area (Å²) >= 11 is 6.35. The number of hydrogen-bond donors (Lipinski definition) is 2. The first-order valence-corrected chi connectivity index (χ1v) is 15.8. The van der Waals surface area contributed by atoms with Crippen molar-refractivity contribution in [3.05, 3.63) is 99.6 Å². The maximum Gasteiger partial charge on any atom is 0.318 e. The molecule has 44 heavy (non-hydrogen) atoms. The molecule has 0 atom stereocenters. The summed E-state index contributed by atoms with van der Waals surface area (Å²) in [4.78, 5) is 29.7. The molecule has 2 N–H and O–H groups in total. The molecule has 238 valence electrons. The number of benzene rings is 3. The molecule has 0 saturated carbocycles. The number of likely N-dealkylation sites (tertiary alicyclic amines) is 1. The predicted octanol–water partition coefficient (Wildman–Crippen LogP) is 7.80. The van der Waals surface area contributed by atoms with E-state index >= 15 is 0 Å². The van der Waals surface area contributed by atoms with Crippen LogP contribution in [0.3, 0.4) is 0 Å². The Balaban J connectivity index is 0.00000264. The van der Waals surface area contributed by atoms with Crippen LogP contribution < -0.4 is 10.6 Å². The number of carbonyl (C=O) groups is 2. The minimum Gasteiger partial charge on any atom is -0.341 e. The molecule has 0 unspecified atom stereocenters. The smallest absolute Gasteiger partial charge is 0.318 e. The molecule has 2 aliphatic rings. The molecule has 0 aromatic heterocycles. The van der Waals surface area contributed by atoms with Gasteiger partial charge in [0.15, 0.2) is 5.78 Å². The van der Waals surface area contributed by atoms with Gasteiger partial charge < -0.3 is 10.6 Å². The van der Waals surface area contributed by atoms with Crippen LogP contribution in [0.2, 0.25) is 5.02 Å². The number of anilines is 1. The highest BCUT2D eigenvalue weighted by Gasteiger charge is 2.21. The molecule has 3 aromatic carbocycles. The molecule has 1 fully saturated rings. The quantitative estimate of drug-likeness (QED) is 0.218. The summed E-state index contributed by atoms with van der Waals surface area (Å²) in [7, 11) is 1.61. The van der Waals surface area contributed by atoms with Crippen molar-refractivity contribution in [3.8, 4) is 0 Å². The summed E-state index contributed by atoms with van der Waals surface area (Å²) < 4.78 is 0. The monoisotopic (exact) mass is 658 g/mol. The lowest BCUT2D eigenvalue weighted by Gasteiger charge is -2.32. The number of hydrogen-bond acceptors (Lipinski definition) is 4. The zero-order chi connectivity index (χ0) is 29.3. The second-order valence-electron chi connectivity index (χ2n) is 11.8. The number of rotatable bonds is 10. The van der Waals surface area contributed by atoms with E-state index in [0.717, 1.165) is 81.2 Å². The molecule has 2 aliphatic heterocycles. The van der Waals surface area contributed by atoms with Gasteiger partial charge in [-0.2, -0.15) is 0 Å². The highest BCUT2D eigenvalue weighted by molar-refractivity contribution is 6.31. The highest BCUT2D eigenvalue weighted by atomic mass is 35.5. The maximum atomic E-state index is 13.1. The van der Waals surface area contributed by atoms with E-state index in [4.69, 9.17) is 11.6 Å². The predicted molar refractivity (Wildman–Crippen MR) is 186 cm³/mol. The first-order valence-electron chi connectivity index (χ1n) is 15.4. The second-order valence-corrected chi connectivity index (χ2v) is 12.2. The van der Waals surface area contributed by atoms with E-state index in [1.54, 1.807) is 7.05 Å². The van der Waals surface area contributed by atoms with Gasteiger partial charge in [0.05, 0.1) is 0 Å². The van der Waals surface area contributed by atoms with Crippen molar-refractivity contribution in [2.45, 2.75) is 58.0 Å². The number of ketones is 1. The number of Topliss-reactive ketones (excluding diaryl/α,β-unsaturated/α-hetero) is 1. The van der Waals surface area contributed by atoms with Crippen LogP contribution in [0.1, 0.15) is 64.7 Å². The van der Waals surface area contributed by atoms with Crippen molar-refractivity contribution in [1.82, 2.24) is 15.1 Å². The normalized spacial score (nSPS) is 15.7. The molecule has 0 aliphatic carbocycles. The third kappa shape index (κ3) is 10.2. The average molecular weight is 660 g/mol. The summed E-state index contributed by atoms with van der Waals surface area (Å²) in [6.07, 6.45) is 7.05. The Morgan fingerprint density at radius 1 is 0.841 bits per heavy atom. The molecule has 6 nitrogen and oxygen atoms in total. The fourth-order valence-electron chi connectivity index (χ4n) is 6.30. The Bertz CT molecular complexity index is 1380. The van der Waals surface area contributed by atoms with E-state index in [1.165, 1.54) is 35.1 Å². The number of urea groups is 1. The number of halogens is 3. The molecule has 0 radical (unpaired) electrons. The Kier molecular flexibility index (Phi) is 14.5. The van der Waals surface area contributed by atoms with Gasteiger partial charge in [-0.15, -0.1) is 24.8 Å². The van der Waals surface area contributed by atoms with Gasteiger partial charge in [-0.3, -0.25) is 14.6 Å². The van der Waals surface area contributed by atoms with Crippen LogP contribution >= 0.6 is 36.4 Å². The van der Waals surface area contributed by atoms with E-state index < -0.39 is 0 Å². The number of nitrogens with one attached hydrogen (secondary N) is 2.